The second-order valence-electron chi connectivity index (χ2n) is 6.31. The Balaban J connectivity index is 1.70. The topological polar surface area (TPSA) is 120 Å². The lowest BCUT2D eigenvalue weighted by atomic mass is 10.2. The summed E-state index contributed by atoms with van der Waals surface area (Å²) in [7, 11) is 2.93. The van der Waals surface area contributed by atoms with Crippen LogP contribution < -0.4 is 21.9 Å². The van der Waals surface area contributed by atoms with E-state index >= 15 is 0 Å². The minimum Gasteiger partial charge on any atom is -0.345 e. The van der Waals surface area contributed by atoms with Crippen LogP contribution in [0.1, 0.15) is 0 Å². The molecule has 2 N–H and O–H groups in total. The van der Waals surface area contributed by atoms with E-state index in [1.807, 2.05) is 5.32 Å². The van der Waals surface area contributed by atoms with Crippen molar-refractivity contribution in [2.45, 2.75) is 6.54 Å². The highest BCUT2D eigenvalue weighted by atomic mass is 19.2. The van der Waals surface area contributed by atoms with Crippen molar-refractivity contribution >= 4 is 28.7 Å². The Morgan fingerprint density at radius 1 is 1.07 bits per heavy atom. The summed E-state index contributed by atoms with van der Waals surface area (Å²) in [5.41, 5.74) is -1.88. The number of hydrogen-bond donors (Lipinski definition) is 2. The van der Waals surface area contributed by atoms with Crippen molar-refractivity contribution in [3.8, 4) is 0 Å². The molecular formula is C17H15F3N6O4. The molecule has 158 valence electrons. The average molecular weight is 424 g/mol. The predicted molar refractivity (Wildman–Crippen MR) is 98.2 cm³/mol. The third-order valence-corrected chi connectivity index (χ3v) is 4.26. The second-order valence-corrected chi connectivity index (χ2v) is 6.31. The van der Waals surface area contributed by atoms with Crippen LogP contribution in [0.5, 0.6) is 0 Å². The third kappa shape index (κ3) is 3.68. The Labute approximate surface area is 165 Å². The van der Waals surface area contributed by atoms with Crippen LogP contribution in [0.3, 0.4) is 0 Å². The van der Waals surface area contributed by atoms with Gasteiger partial charge in [-0.2, -0.15) is 0 Å². The molecule has 0 unspecified atom stereocenters. The first kappa shape index (κ1) is 20.8. The summed E-state index contributed by atoms with van der Waals surface area (Å²) >= 11 is 0. The van der Waals surface area contributed by atoms with E-state index in [1.54, 1.807) is 7.05 Å². The van der Waals surface area contributed by atoms with Crippen molar-refractivity contribution in [2.24, 2.45) is 14.1 Å². The molecule has 0 saturated carbocycles. The SMILES string of the molecule is Cn1cnc2c1c(=O)n(CC(=O)NCC(=O)Nc1ccc(F)c(F)c1F)c(=O)n2C. The number of halogens is 3. The highest BCUT2D eigenvalue weighted by molar-refractivity contribution is 5.94. The van der Waals surface area contributed by atoms with Crippen molar-refractivity contribution in [1.82, 2.24) is 24.0 Å². The number of amides is 2. The van der Waals surface area contributed by atoms with Crippen molar-refractivity contribution in [3.05, 3.63) is 56.7 Å². The summed E-state index contributed by atoms with van der Waals surface area (Å²) in [6.07, 6.45) is 1.34. The molecule has 0 aliphatic heterocycles. The van der Waals surface area contributed by atoms with Crippen LogP contribution in [0, 0.1) is 17.5 Å². The van der Waals surface area contributed by atoms with Crippen LogP contribution in [0.4, 0.5) is 18.9 Å². The number of nitrogens with one attached hydrogen (secondary N) is 2. The van der Waals surface area contributed by atoms with E-state index in [0.29, 0.717) is 10.6 Å². The molecule has 0 spiro atoms. The van der Waals surface area contributed by atoms with E-state index in [1.165, 1.54) is 17.9 Å². The van der Waals surface area contributed by atoms with E-state index in [2.05, 4.69) is 10.3 Å². The summed E-state index contributed by atoms with van der Waals surface area (Å²) in [5, 5.41) is 4.13. The molecule has 30 heavy (non-hydrogen) atoms. The molecule has 0 bridgehead atoms. The maximum atomic E-state index is 13.6. The Kier molecular flexibility index (Phi) is 5.45. The number of nitrogens with zero attached hydrogens (tertiary/aromatic N) is 4. The van der Waals surface area contributed by atoms with Gasteiger partial charge in [0.2, 0.25) is 11.8 Å². The Bertz CT molecular complexity index is 1290. The molecule has 2 heterocycles. The number of carbonyl (C=O) groups is 2. The molecule has 0 aliphatic carbocycles. The molecule has 0 aliphatic rings. The van der Waals surface area contributed by atoms with Gasteiger partial charge in [0.1, 0.15) is 6.54 Å². The van der Waals surface area contributed by atoms with Crippen LogP contribution in [0.25, 0.3) is 11.2 Å². The van der Waals surface area contributed by atoms with Gasteiger partial charge in [-0.05, 0) is 12.1 Å². The van der Waals surface area contributed by atoms with Gasteiger partial charge >= 0.3 is 5.69 Å². The molecule has 0 radical (unpaired) electrons. The van der Waals surface area contributed by atoms with Crippen LogP contribution >= 0.6 is 0 Å². The van der Waals surface area contributed by atoms with Gasteiger partial charge in [0.15, 0.2) is 28.6 Å². The van der Waals surface area contributed by atoms with Crippen molar-refractivity contribution in [1.29, 1.82) is 0 Å². The summed E-state index contributed by atoms with van der Waals surface area (Å²) in [6.45, 7) is -1.35. The highest BCUT2D eigenvalue weighted by Gasteiger charge is 2.18. The maximum Gasteiger partial charge on any atom is 0.332 e. The first-order chi connectivity index (χ1) is 14.1. The Morgan fingerprint density at radius 2 is 1.77 bits per heavy atom. The first-order valence-electron chi connectivity index (χ1n) is 8.42. The van der Waals surface area contributed by atoms with Gasteiger partial charge in [-0.15, -0.1) is 0 Å². The number of imidazole rings is 1. The summed E-state index contributed by atoms with van der Waals surface area (Å²) in [6, 6.07) is 1.45. The largest absolute Gasteiger partial charge is 0.345 e. The molecule has 3 aromatic rings. The van der Waals surface area contributed by atoms with Gasteiger partial charge in [-0.25, -0.2) is 27.5 Å². The van der Waals surface area contributed by atoms with E-state index in [9.17, 15) is 32.3 Å². The Morgan fingerprint density at radius 3 is 2.47 bits per heavy atom. The molecule has 0 saturated heterocycles. The van der Waals surface area contributed by atoms with Crippen LogP contribution in [-0.4, -0.2) is 37.0 Å². The van der Waals surface area contributed by atoms with Gasteiger partial charge in [-0.1, -0.05) is 0 Å². The smallest absolute Gasteiger partial charge is 0.332 e. The molecule has 10 nitrogen and oxygen atoms in total. The molecule has 3 rings (SSSR count). The van der Waals surface area contributed by atoms with Gasteiger partial charge in [-0.3, -0.25) is 19.0 Å². The van der Waals surface area contributed by atoms with Crippen molar-refractivity contribution in [3.63, 3.8) is 0 Å². The normalized spacial score (nSPS) is 11.0. The number of aryl methyl sites for hydroxylation is 2. The zero-order valence-electron chi connectivity index (χ0n) is 15.7. The molecule has 0 fully saturated rings. The Hall–Kier alpha value is -3.90. The van der Waals surface area contributed by atoms with Gasteiger partial charge in [0.25, 0.3) is 5.56 Å². The van der Waals surface area contributed by atoms with Crippen LogP contribution in [0.2, 0.25) is 0 Å². The highest BCUT2D eigenvalue weighted by Crippen LogP contribution is 2.19. The molecular weight excluding hydrogens is 409 g/mol. The molecule has 2 amide bonds. The van der Waals surface area contributed by atoms with Gasteiger partial charge < -0.3 is 15.2 Å². The summed E-state index contributed by atoms with van der Waals surface area (Å²) in [4.78, 5) is 52.7. The minimum absolute atomic E-state index is 0.108. The molecule has 13 heteroatoms. The fraction of sp³-hybridized carbons (Fsp3) is 0.235. The summed E-state index contributed by atoms with van der Waals surface area (Å²) < 4.78 is 42.8. The number of carbonyl (C=O) groups excluding carboxylic acids is 2. The molecule has 0 atom stereocenters. The zero-order chi connectivity index (χ0) is 22.2. The number of rotatable bonds is 5. The number of anilines is 1. The van der Waals surface area contributed by atoms with Crippen molar-refractivity contribution < 1.29 is 22.8 Å². The first-order valence-corrected chi connectivity index (χ1v) is 8.42. The standard InChI is InChI=1S/C17H15F3N6O4/c1-24-7-22-15-14(24)16(29)26(17(30)25(15)2)6-11(28)21-5-10(27)23-9-4-3-8(18)12(19)13(9)20/h3-4,7H,5-6H2,1-2H3,(H,21,28)(H,23,27). The fourth-order valence-corrected chi connectivity index (χ4v) is 2.73. The zero-order valence-corrected chi connectivity index (χ0v) is 15.7. The predicted octanol–water partition coefficient (Wildman–Crippen LogP) is -0.394. The fourth-order valence-electron chi connectivity index (χ4n) is 2.73. The number of aromatic nitrogens is 4. The monoisotopic (exact) mass is 424 g/mol. The lowest BCUT2D eigenvalue weighted by Gasteiger charge is -2.10. The maximum absolute atomic E-state index is 13.6. The molecule has 1 aromatic carbocycles. The number of hydrogen-bond acceptors (Lipinski definition) is 5. The second kappa shape index (κ2) is 7.85. The lowest BCUT2D eigenvalue weighted by Crippen LogP contribution is -2.44. The number of benzene rings is 1. The van der Waals surface area contributed by atoms with E-state index < -0.39 is 59.3 Å². The van der Waals surface area contributed by atoms with Crippen molar-refractivity contribution in [2.75, 3.05) is 11.9 Å². The van der Waals surface area contributed by atoms with Crippen LogP contribution in [-0.2, 0) is 30.2 Å². The average Bonchev–Trinajstić information content (AvgIpc) is 3.10. The third-order valence-electron chi connectivity index (χ3n) is 4.26. The summed E-state index contributed by atoms with van der Waals surface area (Å²) in [5.74, 6) is -6.55. The quantitative estimate of drug-likeness (QED) is 0.541. The van der Waals surface area contributed by atoms with Crippen LogP contribution in [0.15, 0.2) is 28.0 Å². The van der Waals surface area contributed by atoms with Gasteiger partial charge in [0.05, 0.1) is 18.6 Å². The number of fused-ring (bicyclic) bond motifs is 1. The minimum atomic E-state index is -1.75. The van der Waals surface area contributed by atoms with Gasteiger partial charge in [0, 0.05) is 14.1 Å². The van der Waals surface area contributed by atoms with E-state index in [-0.39, 0.29) is 11.2 Å². The molecule has 2 aromatic heterocycles. The van der Waals surface area contributed by atoms with E-state index in [4.69, 9.17) is 0 Å². The van der Waals surface area contributed by atoms with E-state index in [0.717, 1.165) is 10.6 Å². The lowest BCUT2D eigenvalue weighted by molar-refractivity contribution is -0.124.